The summed E-state index contributed by atoms with van der Waals surface area (Å²) in [6, 6.07) is 13.4. The fourth-order valence-corrected chi connectivity index (χ4v) is 4.15. The van der Waals surface area contributed by atoms with Crippen molar-refractivity contribution in [1.29, 1.82) is 0 Å². The first-order valence-corrected chi connectivity index (χ1v) is 9.90. The number of nitrogen functional groups attached to an aromatic ring is 1. The first kappa shape index (κ1) is 18.2. The number of anilines is 2. The van der Waals surface area contributed by atoms with Gasteiger partial charge in [-0.05, 0) is 31.9 Å². The average molecular weight is 367 g/mol. The van der Waals surface area contributed by atoms with Crippen LogP contribution in [0.2, 0.25) is 0 Å². The van der Waals surface area contributed by atoms with Gasteiger partial charge in [0.25, 0.3) is 0 Å². The van der Waals surface area contributed by atoms with Crippen LogP contribution in [0.25, 0.3) is 0 Å². The minimum absolute atomic E-state index is 0.351. The third-order valence-electron chi connectivity index (χ3n) is 5.78. The van der Waals surface area contributed by atoms with Crippen LogP contribution in [0.4, 0.5) is 11.8 Å². The third kappa shape index (κ3) is 4.39. The summed E-state index contributed by atoms with van der Waals surface area (Å²) in [5.41, 5.74) is 8.39. The molecule has 144 valence electrons. The van der Waals surface area contributed by atoms with Gasteiger partial charge in [0.05, 0.1) is 12.3 Å². The summed E-state index contributed by atoms with van der Waals surface area (Å²) in [6.07, 6.45) is 3.28. The molecule has 0 spiro atoms. The lowest BCUT2D eigenvalue weighted by Gasteiger charge is -2.37. The van der Waals surface area contributed by atoms with Gasteiger partial charge in [-0.1, -0.05) is 30.3 Å². The van der Waals surface area contributed by atoms with Crippen molar-refractivity contribution in [2.75, 3.05) is 44.0 Å². The van der Waals surface area contributed by atoms with Gasteiger partial charge in [0, 0.05) is 44.3 Å². The van der Waals surface area contributed by atoms with Crippen molar-refractivity contribution in [3.05, 3.63) is 47.7 Å². The van der Waals surface area contributed by atoms with Crippen molar-refractivity contribution >= 4 is 11.8 Å². The molecule has 1 aromatic heterocycles. The van der Waals surface area contributed by atoms with Crippen molar-refractivity contribution in [1.82, 2.24) is 14.9 Å². The molecule has 0 aliphatic carbocycles. The molecule has 27 heavy (non-hydrogen) atoms. The number of hydrogen-bond acceptors (Lipinski definition) is 6. The highest BCUT2D eigenvalue weighted by atomic mass is 16.5. The normalized spacial score (nSPS) is 21.1. The van der Waals surface area contributed by atoms with Crippen LogP contribution in [0, 0.1) is 0 Å². The molecule has 2 aliphatic heterocycles. The van der Waals surface area contributed by atoms with Crippen LogP contribution in [0.5, 0.6) is 0 Å². The van der Waals surface area contributed by atoms with Gasteiger partial charge in [-0.25, -0.2) is 4.98 Å². The molecule has 0 amide bonds. The van der Waals surface area contributed by atoms with Crippen LogP contribution < -0.4 is 10.6 Å². The first-order valence-electron chi connectivity index (χ1n) is 9.90. The summed E-state index contributed by atoms with van der Waals surface area (Å²) >= 11 is 0. The van der Waals surface area contributed by atoms with Crippen molar-refractivity contribution < 1.29 is 4.74 Å². The first-order chi connectivity index (χ1) is 13.2. The van der Waals surface area contributed by atoms with Gasteiger partial charge in [0.2, 0.25) is 5.95 Å². The van der Waals surface area contributed by atoms with Gasteiger partial charge >= 0.3 is 0 Å². The van der Waals surface area contributed by atoms with Crippen LogP contribution in [0.15, 0.2) is 36.4 Å². The number of aromatic nitrogens is 2. The zero-order valence-corrected chi connectivity index (χ0v) is 16.1. The Morgan fingerprint density at radius 2 is 1.93 bits per heavy atom. The van der Waals surface area contributed by atoms with Gasteiger partial charge in [0.15, 0.2) is 0 Å². The smallest absolute Gasteiger partial charge is 0.222 e. The van der Waals surface area contributed by atoms with Crippen molar-refractivity contribution in [3.8, 4) is 0 Å². The van der Waals surface area contributed by atoms with Gasteiger partial charge in [-0.2, -0.15) is 4.98 Å². The van der Waals surface area contributed by atoms with Crippen molar-refractivity contribution in [2.45, 2.75) is 37.8 Å². The average Bonchev–Trinajstić information content (AvgIpc) is 3.23. The number of piperidine rings is 1. The number of rotatable bonds is 5. The molecule has 2 aliphatic rings. The Labute approximate surface area is 161 Å². The summed E-state index contributed by atoms with van der Waals surface area (Å²) in [5.74, 6) is 1.69. The van der Waals surface area contributed by atoms with Crippen LogP contribution in [-0.2, 0) is 11.3 Å². The second-order valence-electron chi connectivity index (χ2n) is 7.69. The maximum atomic E-state index is 6.00. The molecule has 3 heterocycles. The molecule has 2 N–H and O–H groups in total. The van der Waals surface area contributed by atoms with E-state index in [-0.39, 0.29) is 0 Å². The minimum atomic E-state index is 0.351. The summed E-state index contributed by atoms with van der Waals surface area (Å²) in [7, 11) is 2.23. The number of nitrogens with two attached hydrogens (primary N) is 1. The Hall–Kier alpha value is -2.18. The van der Waals surface area contributed by atoms with Gasteiger partial charge in [0.1, 0.15) is 5.82 Å². The highest BCUT2D eigenvalue weighted by Gasteiger charge is 2.25. The molecular formula is C21H29N5O. The van der Waals surface area contributed by atoms with Crippen LogP contribution in [0.1, 0.15) is 36.4 Å². The monoisotopic (exact) mass is 367 g/mol. The number of nitrogens with zero attached hydrogens (tertiary/aromatic N) is 4. The highest BCUT2D eigenvalue weighted by Crippen LogP contribution is 2.28. The number of benzene rings is 1. The molecule has 0 saturated carbocycles. The second kappa shape index (κ2) is 8.23. The van der Waals surface area contributed by atoms with E-state index in [0.717, 1.165) is 63.6 Å². The molecule has 2 saturated heterocycles. The van der Waals surface area contributed by atoms with Gasteiger partial charge in [-0.15, -0.1) is 0 Å². The van der Waals surface area contributed by atoms with E-state index in [2.05, 4.69) is 63.2 Å². The molecule has 0 bridgehead atoms. The number of ether oxygens (including phenoxy) is 1. The van der Waals surface area contributed by atoms with E-state index in [9.17, 15) is 0 Å². The van der Waals surface area contributed by atoms with Crippen LogP contribution in [0.3, 0.4) is 0 Å². The lowest BCUT2D eigenvalue weighted by atomic mass is 10.0. The zero-order valence-electron chi connectivity index (χ0n) is 16.1. The van der Waals surface area contributed by atoms with Crippen molar-refractivity contribution in [3.63, 3.8) is 0 Å². The van der Waals surface area contributed by atoms with E-state index >= 15 is 0 Å². The lowest BCUT2D eigenvalue weighted by Crippen LogP contribution is -2.43. The van der Waals surface area contributed by atoms with Crippen molar-refractivity contribution in [2.24, 2.45) is 0 Å². The molecule has 0 radical (unpaired) electrons. The Morgan fingerprint density at radius 3 is 2.63 bits per heavy atom. The molecule has 4 rings (SSSR count). The van der Waals surface area contributed by atoms with E-state index in [4.69, 9.17) is 10.5 Å². The summed E-state index contributed by atoms with van der Waals surface area (Å²) < 4.78 is 5.51. The molecule has 1 atom stereocenters. The Balaban J connectivity index is 1.37. The van der Waals surface area contributed by atoms with E-state index in [1.54, 1.807) is 0 Å². The lowest BCUT2D eigenvalue weighted by molar-refractivity contribution is 0.193. The van der Waals surface area contributed by atoms with E-state index in [1.165, 1.54) is 5.56 Å². The zero-order chi connectivity index (χ0) is 18.6. The van der Waals surface area contributed by atoms with E-state index in [1.807, 2.05) is 0 Å². The fraction of sp³-hybridized carbons (Fsp3) is 0.524. The molecule has 6 heteroatoms. The second-order valence-corrected chi connectivity index (χ2v) is 7.69. The Morgan fingerprint density at radius 1 is 1.15 bits per heavy atom. The maximum Gasteiger partial charge on any atom is 0.222 e. The van der Waals surface area contributed by atoms with Crippen LogP contribution in [-0.4, -0.2) is 54.3 Å². The van der Waals surface area contributed by atoms with Gasteiger partial charge < -0.3 is 15.4 Å². The molecule has 6 nitrogen and oxygen atoms in total. The molecular weight excluding hydrogens is 338 g/mol. The van der Waals surface area contributed by atoms with E-state index < -0.39 is 0 Å². The minimum Gasteiger partial charge on any atom is -0.381 e. The Bertz CT molecular complexity index is 739. The molecule has 2 aromatic rings. The topological polar surface area (TPSA) is 67.5 Å². The SMILES string of the molecule is CN(Cc1ccccc1)C1CCN(c2cc([C@H]3CCOC3)nc(N)n2)CC1. The molecule has 2 fully saturated rings. The summed E-state index contributed by atoms with van der Waals surface area (Å²) in [6.45, 7) is 4.55. The summed E-state index contributed by atoms with van der Waals surface area (Å²) in [5, 5.41) is 0. The molecule has 1 aromatic carbocycles. The van der Waals surface area contributed by atoms with Gasteiger partial charge in [-0.3, -0.25) is 4.90 Å². The predicted molar refractivity (Wildman–Crippen MR) is 108 cm³/mol. The Kier molecular flexibility index (Phi) is 5.55. The molecule has 0 unspecified atom stereocenters. The standard InChI is InChI=1S/C21H29N5O/c1-25(14-16-5-3-2-4-6-16)18-7-10-26(11-8-18)20-13-19(23-21(22)24-20)17-9-12-27-15-17/h2-6,13,17-18H,7-12,14-15H2,1H3,(H2,22,23,24)/t17-/m0/s1. The third-order valence-corrected chi connectivity index (χ3v) is 5.78. The van der Waals surface area contributed by atoms with E-state index in [0.29, 0.717) is 17.9 Å². The number of hydrogen-bond donors (Lipinski definition) is 1. The quantitative estimate of drug-likeness (QED) is 0.876. The maximum absolute atomic E-state index is 6.00. The fourth-order valence-electron chi connectivity index (χ4n) is 4.15. The highest BCUT2D eigenvalue weighted by molar-refractivity contribution is 5.45. The summed E-state index contributed by atoms with van der Waals surface area (Å²) in [4.78, 5) is 13.8. The largest absolute Gasteiger partial charge is 0.381 e. The van der Waals surface area contributed by atoms with Crippen LogP contribution >= 0.6 is 0 Å². The predicted octanol–water partition coefficient (Wildman–Crippen LogP) is 2.66.